The molecule has 0 bridgehead atoms. The summed E-state index contributed by atoms with van der Waals surface area (Å²) in [5.74, 6) is 0. The lowest BCUT2D eigenvalue weighted by atomic mass is 10.2. The largest absolute Gasteiger partial charge is 0.374 e. The number of rotatable bonds is 0. The van der Waals surface area contributed by atoms with Crippen molar-refractivity contribution in [1.29, 1.82) is 0 Å². The molecule has 0 aromatic heterocycles. The highest BCUT2D eigenvalue weighted by atomic mass is 32.3. The second kappa shape index (κ2) is 4.11. The number of hydrogen-bond acceptors (Lipinski definition) is 4. The summed E-state index contributed by atoms with van der Waals surface area (Å²) in [6.45, 7) is 0. The third-order valence-corrected chi connectivity index (χ3v) is 2.48. The second-order valence-corrected chi connectivity index (χ2v) is 4.61. The van der Waals surface area contributed by atoms with Crippen LogP contribution in [0.2, 0.25) is 0 Å². The van der Waals surface area contributed by atoms with Crippen molar-refractivity contribution >= 4 is 38.3 Å². The standard InChI is InChI=1S/C7H9N3O2S2/c8-7(13)10-5-1-3-6(4-2-5)14(9,11)12/h1-4H,(H5-,8,9,10,11,12,13)/p+1. The third kappa shape index (κ3) is 3.13. The second-order valence-electron chi connectivity index (χ2n) is 2.54. The number of nitrogens with two attached hydrogens (primary N) is 2. The first-order valence-electron chi connectivity index (χ1n) is 3.57. The summed E-state index contributed by atoms with van der Waals surface area (Å²) in [5.41, 5.74) is 5.74. The molecule has 7 heteroatoms. The van der Waals surface area contributed by atoms with E-state index in [9.17, 15) is 0 Å². The molecule has 0 heterocycles. The van der Waals surface area contributed by atoms with Gasteiger partial charge in [0.2, 0.25) is 10.4 Å². The summed E-state index contributed by atoms with van der Waals surface area (Å²) >= 11 is 4.58. The Bertz CT molecular complexity index is 377. The molecular formula is C7H10N3O2S2+. The van der Waals surface area contributed by atoms with Crippen LogP contribution < -0.4 is 10.9 Å². The van der Waals surface area contributed by atoms with E-state index in [0.29, 0.717) is 5.71 Å². The Balaban J connectivity index is 2.98. The third-order valence-electron chi connectivity index (χ3n) is 1.42. The number of thiocarbonyl (C=S) groups is 1. The van der Waals surface area contributed by atoms with Crippen LogP contribution in [0.1, 0.15) is 0 Å². The van der Waals surface area contributed by atoms with Gasteiger partial charge in [0.25, 0.3) is 0 Å². The van der Waals surface area contributed by atoms with Gasteiger partial charge in [-0.05, 0) is 36.5 Å². The van der Waals surface area contributed by atoms with E-state index in [-0.39, 0.29) is 9.98 Å². The summed E-state index contributed by atoms with van der Waals surface area (Å²) in [6, 6.07) is 0. The summed E-state index contributed by atoms with van der Waals surface area (Å²) in [6.07, 6.45) is 6.03. The lowest BCUT2D eigenvalue weighted by molar-refractivity contribution is 0.501. The van der Waals surface area contributed by atoms with Crippen molar-refractivity contribution in [3.05, 3.63) is 24.3 Å². The Morgan fingerprint density at radius 2 is 1.79 bits per heavy atom. The zero-order chi connectivity index (χ0) is 10.8. The van der Waals surface area contributed by atoms with Gasteiger partial charge in [0.1, 0.15) is 0 Å². The van der Waals surface area contributed by atoms with Crippen LogP contribution in [-0.2, 0) is 10.4 Å². The van der Waals surface area contributed by atoms with Gasteiger partial charge >= 0.3 is 0 Å². The molecule has 0 fully saturated rings. The average Bonchev–Trinajstić information content (AvgIpc) is 2.02. The fourth-order valence-electron chi connectivity index (χ4n) is 0.848. The predicted molar refractivity (Wildman–Crippen MR) is 64.3 cm³/mol. The molecule has 1 rings (SSSR count). The van der Waals surface area contributed by atoms with Crippen LogP contribution in [-0.4, -0.2) is 24.8 Å². The number of allylic oxidation sites excluding steroid dienone is 4. The molecule has 1 aliphatic carbocycles. The van der Waals surface area contributed by atoms with Gasteiger partial charge in [-0.2, -0.15) is 9.11 Å². The summed E-state index contributed by atoms with van der Waals surface area (Å²) in [5, 5.41) is 5.15. The van der Waals surface area contributed by atoms with E-state index >= 15 is 0 Å². The summed E-state index contributed by atoms with van der Waals surface area (Å²) in [7, 11) is -3.15. The molecule has 0 amide bonds. The molecule has 0 radical (unpaired) electrons. The fourth-order valence-corrected chi connectivity index (χ4v) is 1.49. The molecule has 0 aromatic rings. The molecule has 6 N–H and O–H groups in total. The zero-order valence-corrected chi connectivity index (χ0v) is 8.76. The van der Waals surface area contributed by atoms with Gasteiger partial charge in [-0.3, -0.25) is 0 Å². The van der Waals surface area contributed by atoms with Crippen molar-refractivity contribution in [3.63, 3.8) is 0 Å². The van der Waals surface area contributed by atoms with Gasteiger partial charge in [-0.1, -0.05) is 0 Å². The van der Waals surface area contributed by atoms with Crippen LogP contribution in [0.25, 0.3) is 0 Å². The van der Waals surface area contributed by atoms with Crippen molar-refractivity contribution in [2.24, 2.45) is 15.9 Å². The smallest absolute Gasteiger partial charge is 0.218 e. The van der Waals surface area contributed by atoms with Gasteiger partial charge in [-0.25, -0.2) is 4.99 Å². The zero-order valence-electron chi connectivity index (χ0n) is 7.12. The Labute approximate surface area is 87.9 Å². The molecule has 5 nitrogen and oxygen atoms in total. The molecule has 0 spiro atoms. The van der Waals surface area contributed by atoms with Crippen LogP contribution >= 0.6 is 12.2 Å². The first-order valence-corrected chi connectivity index (χ1v) is 5.58. The monoisotopic (exact) mass is 232 g/mol. The Kier molecular flexibility index (Phi) is 3.29. The lowest BCUT2D eigenvalue weighted by Gasteiger charge is -2.03. The molecule has 0 atom stereocenters. The van der Waals surface area contributed by atoms with Crippen molar-refractivity contribution in [1.82, 2.24) is 0 Å². The van der Waals surface area contributed by atoms with Gasteiger partial charge in [0, 0.05) is 0 Å². The van der Waals surface area contributed by atoms with Crippen LogP contribution in [0.5, 0.6) is 0 Å². The van der Waals surface area contributed by atoms with Crippen molar-refractivity contribution in [2.75, 3.05) is 0 Å². The van der Waals surface area contributed by atoms with Gasteiger partial charge in [-0.15, -0.1) is 5.14 Å². The molecule has 0 saturated carbocycles. The number of aliphatic imine (C=N–C) groups is 1. The summed E-state index contributed by atoms with van der Waals surface area (Å²) in [4.78, 5) is 4.05. The maximum absolute atomic E-state index is 9.10. The minimum absolute atomic E-state index is 0.0251. The normalized spacial score (nSPS) is 15.9. The van der Waals surface area contributed by atoms with Crippen molar-refractivity contribution < 1.29 is 9.11 Å². The van der Waals surface area contributed by atoms with Crippen LogP contribution in [0, 0.1) is 0 Å². The van der Waals surface area contributed by atoms with Gasteiger partial charge in [0.15, 0.2) is 9.98 Å². The molecule has 0 unspecified atom stereocenters. The quantitative estimate of drug-likeness (QED) is 0.346. The van der Waals surface area contributed by atoms with Crippen LogP contribution in [0.3, 0.4) is 0 Å². The number of nitrogens with zero attached hydrogens (tertiary/aromatic N) is 1. The fraction of sp³-hybridized carbons (Fsp3) is 0. The SMILES string of the molecule is NC(=S)N=C1C=CC(=[S+](N)(O)O)C=C1. The minimum Gasteiger partial charge on any atom is -0.374 e. The van der Waals surface area contributed by atoms with E-state index in [1.807, 2.05) is 0 Å². The highest BCUT2D eigenvalue weighted by Gasteiger charge is 2.16. The van der Waals surface area contributed by atoms with E-state index < -0.39 is 10.4 Å². The first-order chi connectivity index (χ1) is 6.39. The molecule has 0 saturated heterocycles. The molecule has 1 aliphatic rings. The molecular weight excluding hydrogens is 222 g/mol. The Hall–Kier alpha value is -0.860. The van der Waals surface area contributed by atoms with Crippen molar-refractivity contribution in [3.8, 4) is 0 Å². The highest BCUT2D eigenvalue weighted by Crippen LogP contribution is 2.01. The predicted octanol–water partition coefficient (Wildman–Crippen LogP) is -0.0569. The Morgan fingerprint density at radius 1 is 1.29 bits per heavy atom. The topological polar surface area (TPSA) is 105 Å². The maximum Gasteiger partial charge on any atom is 0.218 e. The van der Waals surface area contributed by atoms with Gasteiger partial charge < -0.3 is 5.73 Å². The average molecular weight is 232 g/mol. The minimum atomic E-state index is -3.15. The molecule has 14 heavy (non-hydrogen) atoms. The van der Waals surface area contributed by atoms with Crippen molar-refractivity contribution in [2.45, 2.75) is 0 Å². The van der Waals surface area contributed by atoms with E-state index in [1.165, 1.54) is 12.2 Å². The molecule has 0 aromatic carbocycles. The first kappa shape index (κ1) is 11.2. The highest BCUT2D eigenvalue weighted by molar-refractivity contribution is 8.01. The van der Waals surface area contributed by atoms with E-state index in [4.69, 9.17) is 20.0 Å². The Morgan fingerprint density at radius 3 is 2.14 bits per heavy atom. The molecule has 76 valence electrons. The number of hydrogen-bond donors (Lipinski definition) is 4. The lowest BCUT2D eigenvalue weighted by Crippen LogP contribution is -2.28. The van der Waals surface area contributed by atoms with E-state index in [0.717, 1.165) is 0 Å². The van der Waals surface area contributed by atoms with E-state index in [2.05, 4.69) is 17.2 Å². The van der Waals surface area contributed by atoms with E-state index in [1.54, 1.807) is 12.2 Å². The van der Waals surface area contributed by atoms with Crippen LogP contribution in [0.4, 0.5) is 0 Å². The molecule has 0 aliphatic heterocycles. The maximum atomic E-state index is 9.10. The summed E-state index contributed by atoms with van der Waals surface area (Å²) < 4.78 is 18.2. The van der Waals surface area contributed by atoms with Gasteiger partial charge in [0.05, 0.1) is 5.71 Å². The van der Waals surface area contributed by atoms with Crippen LogP contribution in [0.15, 0.2) is 29.3 Å².